The van der Waals surface area contributed by atoms with Crippen molar-refractivity contribution >= 4 is 28.4 Å². The monoisotopic (exact) mass is 397 g/mol. The molecule has 4 aromatic rings. The van der Waals surface area contributed by atoms with Crippen LogP contribution in [-0.2, 0) is 6.54 Å². The number of nitro groups is 1. The second kappa shape index (κ2) is 6.66. The maximum Gasteiger partial charge on any atom is 0.270 e. The second-order valence-electron chi connectivity index (χ2n) is 7.07. The summed E-state index contributed by atoms with van der Waals surface area (Å²) in [5.41, 5.74) is 3.68. The van der Waals surface area contributed by atoms with Crippen molar-refractivity contribution in [2.45, 2.75) is 6.54 Å². The number of carbonyl (C=O) groups excluding carboxylic acids is 2. The molecule has 1 aliphatic heterocycles. The molecule has 0 saturated carbocycles. The van der Waals surface area contributed by atoms with Crippen LogP contribution < -0.4 is 0 Å². The topological polar surface area (TPSA) is 96.3 Å². The summed E-state index contributed by atoms with van der Waals surface area (Å²) in [6.45, 7) is 0.0407. The number of nitrogens with zero attached hydrogens (tertiary/aromatic N) is 2. The number of rotatable bonds is 4. The van der Waals surface area contributed by atoms with Crippen molar-refractivity contribution in [1.29, 1.82) is 0 Å². The number of nitro benzene ring substituents is 1. The maximum absolute atomic E-state index is 12.8. The van der Waals surface area contributed by atoms with Crippen molar-refractivity contribution < 1.29 is 14.5 Å². The van der Waals surface area contributed by atoms with Crippen LogP contribution in [0.2, 0.25) is 0 Å². The van der Waals surface area contributed by atoms with Crippen LogP contribution in [0.4, 0.5) is 5.69 Å². The summed E-state index contributed by atoms with van der Waals surface area (Å²) in [6, 6.07) is 20.7. The molecule has 1 N–H and O–H groups in total. The Bertz CT molecular complexity index is 1310. The number of fused-ring (bicyclic) bond motifs is 2. The number of imide groups is 1. The maximum atomic E-state index is 12.8. The molecule has 0 unspecified atom stereocenters. The Morgan fingerprint density at radius 2 is 1.50 bits per heavy atom. The Hall–Kier alpha value is -4.26. The Morgan fingerprint density at radius 3 is 2.13 bits per heavy atom. The molecule has 1 aliphatic rings. The van der Waals surface area contributed by atoms with Gasteiger partial charge in [0, 0.05) is 34.3 Å². The number of amides is 2. The van der Waals surface area contributed by atoms with Crippen molar-refractivity contribution in [2.24, 2.45) is 0 Å². The molecule has 0 spiro atoms. The van der Waals surface area contributed by atoms with E-state index in [1.807, 2.05) is 30.3 Å². The van der Waals surface area contributed by atoms with Gasteiger partial charge >= 0.3 is 0 Å². The molecule has 0 saturated heterocycles. The SMILES string of the molecule is O=C1c2ccccc2C(=O)N1Cc1[nH]c2ccc([N+](=O)[O-])cc2c1-c1ccccc1. The summed E-state index contributed by atoms with van der Waals surface area (Å²) in [6.07, 6.45) is 0. The van der Waals surface area contributed by atoms with Crippen LogP contribution in [0.1, 0.15) is 26.4 Å². The smallest absolute Gasteiger partial charge is 0.270 e. The molecular formula is C23H15N3O4. The van der Waals surface area contributed by atoms with Gasteiger partial charge in [-0.05, 0) is 23.8 Å². The fraction of sp³-hybridized carbons (Fsp3) is 0.0435. The molecule has 5 rings (SSSR count). The molecule has 2 amide bonds. The summed E-state index contributed by atoms with van der Waals surface area (Å²) in [7, 11) is 0. The van der Waals surface area contributed by atoms with E-state index >= 15 is 0 Å². The number of aromatic amines is 1. The van der Waals surface area contributed by atoms with E-state index in [-0.39, 0.29) is 24.0 Å². The number of H-pyrrole nitrogens is 1. The molecule has 1 aromatic heterocycles. The normalized spacial score (nSPS) is 13.1. The summed E-state index contributed by atoms with van der Waals surface area (Å²) in [5.74, 6) is -0.696. The van der Waals surface area contributed by atoms with E-state index in [2.05, 4.69) is 4.98 Å². The Balaban J connectivity index is 1.65. The van der Waals surface area contributed by atoms with Crippen LogP contribution in [0.25, 0.3) is 22.0 Å². The lowest BCUT2D eigenvalue weighted by molar-refractivity contribution is -0.384. The molecule has 0 aliphatic carbocycles. The number of aromatic nitrogens is 1. The van der Waals surface area contributed by atoms with Crippen LogP contribution in [0, 0.1) is 10.1 Å². The Kier molecular flexibility index (Phi) is 3.96. The molecule has 0 bridgehead atoms. The first-order valence-corrected chi connectivity index (χ1v) is 9.34. The third-order valence-corrected chi connectivity index (χ3v) is 5.33. The molecule has 2 heterocycles. The zero-order valence-corrected chi connectivity index (χ0v) is 15.7. The summed E-state index contributed by atoms with van der Waals surface area (Å²) < 4.78 is 0. The van der Waals surface area contributed by atoms with Crippen LogP contribution in [0.5, 0.6) is 0 Å². The number of non-ortho nitro benzene ring substituents is 1. The zero-order valence-electron chi connectivity index (χ0n) is 15.7. The number of carbonyl (C=O) groups is 2. The van der Waals surface area contributed by atoms with Gasteiger partial charge in [0.2, 0.25) is 0 Å². The number of nitrogens with one attached hydrogen (secondary N) is 1. The molecule has 30 heavy (non-hydrogen) atoms. The molecular weight excluding hydrogens is 382 g/mol. The largest absolute Gasteiger partial charge is 0.356 e. The van der Waals surface area contributed by atoms with E-state index in [1.54, 1.807) is 30.3 Å². The van der Waals surface area contributed by atoms with Gasteiger partial charge in [0.15, 0.2) is 0 Å². The molecule has 0 radical (unpaired) electrons. The number of hydrogen-bond acceptors (Lipinski definition) is 4. The van der Waals surface area contributed by atoms with E-state index in [0.29, 0.717) is 27.7 Å². The van der Waals surface area contributed by atoms with E-state index in [9.17, 15) is 19.7 Å². The minimum Gasteiger partial charge on any atom is -0.356 e. The molecule has 3 aromatic carbocycles. The lowest BCUT2D eigenvalue weighted by Gasteiger charge is -2.14. The van der Waals surface area contributed by atoms with Gasteiger partial charge < -0.3 is 4.98 Å². The standard InChI is InChI=1S/C23H15N3O4/c27-22-16-8-4-5-9-17(16)23(28)25(22)13-20-21(14-6-2-1-3-7-14)18-12-15(26(29)30)10-11-19(18)24-20/h1-12,24H,13H2. The fourth-order valence-corrected chi connectivity index (χ4v) is 3.94. The van der Waals surface area contributed by atoms with E-state index in [1.165, 1.54) is 17.0 Å². The quantitative estimate of drug-likeness (QED) is 0.311. The van der Waals surface area contributed by atoms with Gasteiger partial charge in [0.25, 0.3) is 17.5 Å². The van der Waals surface area contributed by atoms with Gasteiger partial charge in [-0.1, -0.05) is 42.5 Å². The highest BCUT2D eigenvalue weighted by atomic mass is 16.6. The van der Waals surface area contributed by atoms with E-state index in [4.69, 9.17) is 0 Å². The van der Waals surface area contributed by atoms with Crippen molar-refractivity contribution in [2.75, 3.05) is 0 Å². The van der Waals surface area contributed by atoms with Gasteiger partial charge in [0.1, 0.15) is 0 Å². The van der Waals surface area contributed by atoms with Gasteiger partial charge in [-0.15, -0.1) is 0 Å². The highest BCUT2D eigenvalue weighted by molar-refractivity contribution is 6.21. The Morgan fingerprint density at radius 1 is 0.867 bits per heavy atom. The predicted octanol–water partition coefficient (Wildman–Crippen LogP) is 4.54. The summed E-state index contributed by atoms with van der Waals surface area (Å²) >= 11 is 0. The predicted molar refractivity (Wildman–Crippen MR) is 111 cm³/mol. The molecule has 146 valence electrons. The first-order chi connectivity index (χ1) is 14.5. The molecule has 0 fully saturated rings. The molecule has 7 heteroatoms. The fourth-order valence-electron chi connectivity index (χ4n) is 3.94. The second-order valence-corrected chi connectivity index (χ2v) is 7.07. The van der Waals surface area contributed by atoms with Gasteiger partial charge in [-0.2, -0.15) is 0 Å². The third-order valence-electron chi connectivity index (χ3n) is 5.33. The molecule has 0 atom stereocenters. The minimum atomic E-state index is -0.439. The first kappa shape index (κ1) is 17.8. The van der Waals surface area contributed by atoms with Crippen molar-refractivity contribution in [1.82, 2.24) is 9.88 Å². The van der Waals surface area contributed by atoms with Crippen LogP contribution in [0.3, 0.4) is 0 Å². The van der Waals surface area contributed by atoms with Crippen molar-refractivity contribution in [3.63, 3.8) is 0 Å². The average Bonchev–Trinajstić information content (AvgIpc) is 3.24. The minimum absolute atomic E-state index is 0.0223. The van der Waals surface area contributed by atoms with Gasteiger partial charge in [0.05, 0.1) is 22.6 Å². The lowest BCUT2D eigenvalue weighted by atomic mass is 10.0. The Labute approximate surface area is 170 Å². The van der Waals surface area contributed by atoms with Gasteiger partial charge in [-0.25, -0.2) is 0 Å². The number of hydrogen-bond donors (Lipinski definition) is 1. The molecule has 7 nitrogen and oxygen atoms in total. The zero-order chi connectivity index (χ0) is 20.8. The third kappa shape index (κ3) is 2.68. The lowest BCUT2D eigenvalue weighted by Crippen LogP contribution is -2.29. The number of benzene rings is 3. The van der Waals surface area contributed by atoms with E-state index < -0.39 is 4.92 Å². The van der Waals surface area contributed by atoms with Crippen LogP contribution in [0.15, 0.2) is 72.8 Å². The first-order valence-electron chi connectivity index (χ1n) is 9.34. The average molecular weight is 397 g/mol. The highest BCUT2D eigenvalue weighted by Gasteiger charge is 2.36. The highest BCUT2D eigenvalue weighted by Crippen LogP contribution is 2.36. The van der Waals surface area contributed by atoms with Crippen molar-refractivity contribution in [3.05, 3.63) is 99.7 Å². The van der Waals surface area contributed by atoms with Gasteiger partial charge in [-0.3, -0.25) is 24.6 Å². The van der Waals surface area contributed by atoms with Crippen molar-refractivity contribution in [3.8, 4) is 11.1 Å². The van der Waals surface area contributed by atoms with Crippen LogP contribution >= 0.6 is 0 Å². The summed E-state index contributed by atoms with van der Waals surface area (Å²) in [5, 5.41) is 12.0. The van der Waals surface area contributed by atoms with E-state index in [0.717, 1.165) is 11.1 Å². The van der Waals surface area contributed by atoms with Crippen LogP contribution in [-0.4, -0.2) is 26.6 Å². The summed E-state index contributed by atoms with van der Waals surface area (Å²) in [4.78, 5) is 40.9.